The maximum atomic E-state index is 6.08. The van der Waals surface area contributed by atoms with Crippen LogP contribution in [0.25, 0.3) is 0 Å². The van der Waals surface area contributed by atoms with E-state index in [-0.39, 0.29) is 0 Å². The predicted octanol–water partition coefficient (Wildman–Crippen LogP) is 2.12. The van der Waals surface area contributed by atoms with Gasteiger partial charge in [-0.15, -0.1) is 0 Å². The molecule has 7 heteroatoms. The highest BCUT2D eigenvalue weighted by Crippen LogP contribution is 2.13. The number of hydrogen-bond acceptors (Lipinski definition) is 5. The number of aryl methyl sites for hydroxylation is 1. The second-order valence-electron chi connectivity index (χ2n) is 4.33. The van der Waals surface area contributed by atoms with Crippen LogP contribution in [0.5, 0.6) is 0 Å². The summed E-state index contributed by atoms with van der Waals surface area (Å²) in [5, 5.41) is 7.57. The molecule has 0 amide bonds. The summed E-state index contributed by atoms with van der Waals surface area (Å²) in [7, 11) is 0. The Bertz CT molecular complexity index is 482. The minimum absolute atomic E-state index is 0.554. The van der Waals surface area contributed by atoms with Gasteiger partial charge < -0.3 is 14.8 Å². The number of aromatic amines is 1. The van der Waals surface area contributed by atoms with Crippen LogP contribution in [0.15, 0.2) is 10.9 Å². The lowest BCUT2D eigenvalue weighted by Crippen LogP contribution is -2.17. The van der Waals surface area contributed by atoms with Gasteiger partial charge in [-0.05, 0) is 6.42 Å². The predicted molar refractivity (Wildman–Crippen MR) is 71.9 cm³/mol. The van der Waals surface area contributed by atoms with E-state index < -0.39 is 0 Å². The Balaban J connectivity index is 1.74. The first kappa shape index (κ1) is 14.0. The number of aromatic nitrogens is 4. The van der Waals surface area contributed by atoms with Gasteiger partial charge in [-0.3, -0.25) is 0 Å². The molecule has 0 saturated heterocycles. The molecular weight excluding hydrogens is 266 g/mol. The van der Waals surface area contributed by atoms with Crippen LogP contribution >= 0.6 is 11.6 Å². The number of nitrogens with one attached hydrogen (secondary N) is 2. The lowest BCUT2D eigenvalue weighted by atomic mass is 10.2. The van der Waals surface area contributed by atoms with Crippen LogP contribution in [-0.4, -0.2) is 26.7 Å². The normalized spacial score (nSPS) is 11.1. The number of rotatable bonds is 8. The second kappa shape index (κ2) is 7.25. The van der Waals surface area contributed by atoms with Gasteiger partial charge >= 0.3 is 0 Å². The summed E-state index contributed by atoms with van der Waals surface area (Å²) >= 11 is 6.08. The molecule has 104 valence electrons. The Morgan fingerprint density at radius 1 is 1.42 bits per heavy atom. The van der Waals surface area contributed by atoms with Crippen LogP contribution in [0.3, 0.4) is 0 Å². The molecule has 2 N–H and O–H groups in total. The number of unbranched alkanes of at least 4 members (excludes halogenated alkanes) is 1. The SMILES string of the molecule is CCCCc1nc(Cl)c(CNCCc2ncon2)[nH]1. The molecule has 0 saturated carbocycles. The largest absolute Gasteiger partial charge is 0.344 e. The van der Waals surface area contributed by atoms with E-state index in [0.29, 0.717) is 17.5 Å². The van der Waals surface area contributed by atoms with Gasteiger partial charge in [-0.1, -0.05) is 30.1 Å². The highest BCUT2D eigenvalue weighted by atomic mass is 35.5. The zero-order chi connectivity index (χ0) is 13.5. The molecule has 0 aliphatic heterocycles. The van der Waals surface area contributed by atoms with Gasteiger partial charge in [0.15, 0.2) is 11.0 Å². The topological polar surface area (TPSA) is 79.6 Å². The first-order valence-corrected chi connectivity index (χ1v) is 6.86. The summed E-state index contributed by atoms with van der Waals surface area (Å²) in [6, 6.07) is 0. The molecule has 2 rings (SSSR count). The monoisotopic (exact) mass is 283 g/mol. The molecular formula is C12H18ClN5O. The third kappa shape index (κ3) is 4.33. The Morgan fingerprint density at radius 2 is 2.32 bits per heavy atom. The molecule has 0 radical (unpaired) electrons. The van der Waals surface area contributed by atoms with Gasteiger partial charge in [-0.25, -0.2) is 4.98 Å². The van der Waals surface area contributed by atoms with Crippen molar-refractivity contribution >= 4 is 11.6 Å². The van der Waals surface area contributed by atoms with Gasteiger partial charge in [0.1, 0.15) is 5.82 Å². The van der Waals surface area contributed by atoms with Crippen molar-refractivity contribution in [3.05, 3.63) is 28.9 Å². The van der Waals surface area contributed by atoms with Crippen LogP contribution in [0.2, 0.25) is 5.15 Å². The number of H-pyrrole nitrogens is 1. The smallest absolute Gasteiger partial charge is 0.213 e. The number of imidazole rings is 1. The van der Waals surface area contributed by atoms with Crippen LogP contribution < -0.4 is 5.32 Å². The maximum absolute atomic E-state index is 6.08. The number of halogens is 1. The zero-order valence-corrected chi connectivity index (χ0v) is 11.7. The molecule has 0 unspecified atom stereocenters. The Morgan fingerprint density at radius 3 is 3.05 bits per heavy atom. The van der Waals surface area contributed by atoms with Crippen molar-refractivity contribution in [3.63, 3.8) is 0 Å². The fourth-order valence-corrected chi connectivity index (χ4v) is 1.95. The Hall–Kier alpha value is -1.40. The van der Waals surface area contributed by atoms with E-state index in [1.165, 1.54) is 6.39 Å². The van der Waals surface area contributed by atoms with Gasteiger partial charge in [-0.2, -0.15) is 4.98 Å². The maximum Gasteiger partial charge on any atom is 0.213 e. The van der Waals surface area contributed by atoms with Gasteiger partial charge in [0.2, 0.25) is 6.39 Å². The van der Waals surface area contributed by atoms with Gasteiger partial charge in [0.25, 0.3) is 0 Å². The minimum atomic E-state index is 0.554. The Labute approximate surface area is 117 Å². The molecule has 2 heterocycles. The quantitative estimate of drug-likeness (QED) is 0.726. The van der Waals surface area contributed by atoms with Crippen molar-refractivity contribution in [2.45, 2.75) is 39.2 Å². The van der Waals surface area contributed by atoms with E-state index in [1.807, 2.05) is 0 Å². The molecule has 0 aliphatic carbocycles. The van der Waals surface area contributed by atoms with Gasteiger partial charge in [0.05, 0.1) is 5.69 Å². The summed E-state index contributed by atoms with van der Waals surface area (Å²) < 4.78 is 4.66. The van der Waals surface area contributed by atoms with Crippen molar-refractivity contribution < 1.29 is 4.52 Å². The standard InChI is InChI=1S/C12H18ClN5O/c1-2-3-4-11-16-9(12(13)17-11)7-14-6-5-10-15-8-19-18-10/h8,14H,2-7H2,1H3,(H,16,17). The van der Waals surface area contributed by atoms with E-state index in [2.05, 4.69) is 36.9 Å². The minimum Gasteiger partial charge on any atom is -0.344 e. The van der Waals surface area contributed by atoms with Crippen molar-refractivity contribution in [1.29, 1.82) is 0 Å². The lowest BCUT2D eigenvalue weighted by Gasteiger charge is -2.01. The van der Waals surface area contributed by atoms with Gasteiger partial charge in [0, 0.05) is 25.9 Å². The van der Waals surface area contributed by atoms with Crippen LogP contribution in [0.4, 0.5) is 0 Å². The molecule has 19 heavy (non-hydrogen) atoms. The summed E-state index contributed by atoms with van der Waals surface area (Å²) in [6.45, 7) is 3.58. The van der Waals surface area contributed by atoms with Crippen molar-refractivity contribution in [1.82, 2.24) is 25.4 Å². The molecule has 2 aromatic rings. The first-order chi connectivity index (χ1) is 9.29. The molecule has 0 bridgehead atoms. The molecule has 0 atom stereocenters. The van der Waals surface area contributed by atoms with Crippen LogP contribution in [0, 0.1) is 0 Å². The summed E-state index contributed by atoms with van der Waals surface area (Å²) in [5.74, 6) is 1.66. The van der Waals surface area contributed by atoms with E-state index in [4.69, 9.17) is 11.6 Å². The molecule has 2 aromatic heterocycles. The first-order valence-electron chi connectivity index (χ1n) is 6.48. The average molecular weight is 284 g/mol. The van der Waals surface area contributed by atoms with Crippen LogP contribution in [-0.2, 0) is 19.4 Å². The summed E-state index contributed by atoms with van der Waals surface area (Å²) in [4.78, 5) is 11.5. The van der Waals surface area contributed by atoms with E-state index in [1.54, 1.807) is 0 Å². The van der Waals surface area contributed by atoms with Crippen molar-refractivity contribution in [3.8, 4) is 0 Å². The molecule has 0 spiro atoms. The highest BCUT2D eigenvalue weighted by Gasteiger charge is 2.07. The average Bonchev–Trinajstić information content (AvgIpc) is 3.02. The fourth-order valence-electron chi connectivity index (χ4n) is 1.74. The summed E-state index contributed by atoms with van der Waals surface area (Å²) in [5.41, 5.74) is 0.931. The number of nitrogens with zero attached hydrogens (tertiary/aromatic N) is 3. The zero-order valence-electron chi connectivity index (χ0n) is 10.9. The number of hydrogen-bond donors (Lipinski definition) is 2. The Kier molecular flexibility index (Phi) is 5.35. The van der Waals surface area contributed by atoms with Crippen molar-refractivity contribution in [2.75, 3.05) is 6.54 Å². The highest BCUT2D eigenvalue weighted by molar-refractivity contribution is 6.30. The second-order valence-corrected chi connectivity index (χ2v) is 4.69. The molecule has 0 aromatic carbocycles. The van der Waals surface area contributed by atoms with E-state index in [0.717, 1.165) is 43.7 Å². The van der Waals surface area contributed by atoms with Crippen LogP contribution in [0.1, 0.15) is 37.1 Å². The lowest BCUT2D eigenvalue weighted by molar-refractivity contribution is 0.409. The van der Waals surface area contributed by atoms with Crippen molar-refractivity contribution in [2.24, 2.45) is 0 Å². The molecule has 0 fully saturated rings. The van der Waals surface area contributed by atoms with E-state index >= 15 is 0 Å². The third-order valence-corrected chi connectivity index (χ3v) is 3.09. The summed E-state index contributed by atoms with van der Waals surface area (Å²) in [6.07, 6.45) is 5.27. The third-order valence-electron chi connectivity index (χ3n) is 2.78. The molecule has 0 aliphatic rings. The fraction of sp³-hybridized carbons (Fsp3) is 0.583. The van der Waals surface area contributed by atoms with E-state index in [9.17, 15) is 0 Å². The molecule has 6 nitrogen and oxygen atoms in total.